The van der Waals surface area contributed by atoms with E-state index in [1.807, 2.05) is 36.4 Å². The van der Waals surface area contributed by atoms with Crippen molar-refractivity contribution in [2.45, 2.75) is 13.5 Å². The summed E-state index contributed by atoms with van der Waals surface area (Å²) in [5, 5.41) is 29.2. The molecule has 0 N–H and O–H groups in total. The van der Waals surface area contributed by atoms with E-state index in [-0.39, 0.29) is 11.1 Å². The molecule has 118 valence electrons. The van der Waals surface area contributed by atoms with Crippen LogP contribution in [0.25, 0.3) is 27.9 Å². The van der Waals surface area contributed by atoms with Crippen molar-refractivity contribution in [1.29, 1.82) is 15.8 Å². The van der Waals surface area contributed by atoms with Gasteiger partial charge in [-0.3, -0.25) is 0 Å². The summed E-state index contributed by atoms with van der Waals surface area (Å²) in [6.07, 6.45) is 2.99. The summed E-state index contributed by atoms with van der Waals surface area (Å²) < 4.78 is 2.26. The first-order chi connectivity index (χ1) is 12.2. The highest BCUT2D eigenvalue weighted by atomic mass is 15.0. The lowest BCUT2D eigenvalue weighted by molar-refractivity contribution is 0.827. The van der Waals surface area contributed by atoms with Gasteiger partial charge in [0.25, 0.3) is 0 Å². The SMILES string of the molecule is CCn1c2ccccc2c2cc(/C=C(\C#N)C=C(C#N)C#N)ccc21. The van der Waals surface area contributed by atoms with Gasteiger partial charge in [0.2, 0.25) is 0 Å². The third-order valence-electron chi connectivity index (χ3n) is 4.10. The molecule has 2 aromatic carbocycles. The van der Waals surface area contributed by atoms with E-state index >= 15 is 0 Å². The van der Waals surface area contributed by atoms with Crippen LogP contribution in [0.5, 0.6) is 0 Å². The molecule has 0 spiro atoms. The molecule has 4 heteroatoms. The Morgan fingerprint density at radius 3 is 2.36 bits per heavy atom. The Morgan fingerprint density at radius 1 is 0.960 bits per heavy atom. The molecule has 0 aliphatic heterocycles. The summed E-state index contributed by atoms with van der Waals surface area (Å²) in [6.45, 7) is 2.99. The van der Waals surface area contributed by atoms with Crippen LogP contribution in [-0.4, -0.2) is 4.57 Å². The largest absolute Gasteiger partial charge is 0.341 e. The number of para-hydroxylation sites is 1. The quantitative estimate of drug-likeness (QED) is 0.518. The average Bonchev–Trinajstić information content (AvgIpc) is 2.98. The molecule has 1 heterocycles. The maximum Gasteiger partial charge on any atom is 0.130 e. The molecular formula is C21H14N4. The number of aromatic nitrogens is 1. The zero-order valence-corrected chi connectivity index (χ0v) is 13.7. The fourth-order valence-corrected chi connectivity index (χ4v) is 3.03. The molecular weight excluding hydrogens is 308 g/mol. The molecule has 0 radical (unpaired) electrons. The molecule has 0 amide bonds. The third-order valence-corrected chi connectivity index (χ3v) is 4.10. The molecule has 0 unspecified atom stereocenters. The molecule has 1 aromatic heterocycles. The van der Waals surface area contributed by atoms with E-state index in [9.17, 15) is 5.26 Å². The van der Waals surface area contributed by atoms with Crippen LogP contribution < -0.4 is 0 Å². The van der Waals surface area contributed by atoms with Gasteiger partial charge in [0.15, 0.2) is 0 Å². The number of nitriles is 3. The minimum Gasteiger partial charge on any atom is -0.341 e. The number of aryl methyl sites for hydroxylation is 1. The molecule has 3 rings (SSSR count). The molecule has 0 fully saturated rings. The Morgan fingerprint density at radius 2 is 1.68 bits per heavy atom. The highest BCUT2D eigenvalue weighted by Gasteiger charge is 2.09. The number of benzene rings is 2. The molecule has 0 bridgehead atoms. The van der Waals surface area contributed by atoms with Crippen molar-refractivity contribution in [2.24, 2.45) is 0 Å². The number of nitrogens with zero attached hydrogens (tertiary/aromatic N) is 4. The van der Waals surface area contributed by atoms with Crippen LogP contribution in [-0.2, 0) is 6.54 Å². The van der Waals surface area contributed by atoms with Gasteiger partial charge in [-0.2, -0.15) is 15.8 Å². The van der Waals surface area contributed by atoms with Gasteiger partial charge in [-0.1, -0.05) is 24.3 Å². The predicted molar refractivity (Wildman–Crippen MR) is 98.0 cm³/mol. The number of fused-ring (bicyclic) bond motifs is 3. The van der Waals surface area contributed by atoms with Crippen LogP contribution in [0.2, 0.25) is 0 Å². The van der Waals surface area contributed by atoms with Gasteiger partial charge in [0.1, 0.15) is 17.7 Å². The average molecular weight is 322 g/mol. The van der Waals surface area contributed by atoms with Crippen molar-refractivity contribution in [1.82, 2.24) is 4.57 Å². The first kappa shape index (κ1) is 16.1. The standard InChI is InChI=1S/C21H14N4/c1-2-25-20-6-4-3-5-18(20)19-11-15(7-8-21(19)25)9-16(12-22)10-17(13-23)14-24/h3-11H,2H2,1H3/b16-9-. The Kier molecular flexibility index (Phi) is 4.34. The summed E-state index contributed by atoms with van der Waals surface area (Å²) in [6, 6.07) is 19.8. The van der Waals surface area contributed by atoms with Crippen LogP contribution in [0.1, 0.15) is 12.5 Å². The third kappa shape index (κ3) is 2.88. The molecule has 0 atom stereocenters. The number of hydrogen-bond donors (Lipinski definition) is 0. The van der Waals surface area contributed by atoms with Crippen molar-refractivity contribution < 1.29 is 0 Å². The van der Waals surface area contributed by atoms with Gasteiger partial charge in [-0.05, 0) is 42.8 Å². The summed E-state index contributed by atoms with van der Waals surface area (Å²) >= 11 is 0. The molecule has 3 aromatic rings. The fourth-order valence-electron chi connectivity index (χ4n) is 3.03. The second-order valence-electron chi connectivity index (χ2n) is 5.53. The summed E-state index contributed by atoms with van der Waals surface area (Å²) in [4.78, 5) is 0. The van der Waals surface area contributed by atoms with Crippen LogP contribution in [0.4, 0.5) is 0 Å². The molecule has 0 aliphatic carbocycles. The minimum absolute atomic E-state index is 0.0866. The molecule has 25 heavy (non-hydrogen) atoms. The number of rotatable bonds is 3. The maximum atomic E-state index is 9.27. The Bertz CT molecular complexity index is 1140. The number of hydrogen-bond acceptors (Lipinski definition) is 3. The van der Waals surface area contributed by atoms with E-state index < -0.39 is 0 Å². The Balaban J connectivity index is 2.20. The highest BCUT2D eigenvalue weighted by Crippen LogP contribution is 2.30. The van der Waals surface area contributed by atoms with Crippen LogP contribution in [0.15, 0.2) is 59.7 Å². The van der Waals surface area contributed by atoms with E-state index in [0.717, 1.165) is 23.0 Å². The van der Waals surface area contributed by atoms with Gasteiger partial charge in [0.05, 0.1) is 11.6 Å². The second-order valence-corrected chi connectivity index (χ2v) is 5.53. The zero-order valence-electron chi connectivity index (χ0n) is 13.7. The monoisotopic (exact) mass is 322 g/mol. The van der Waals surface area contributed by atoms with E-state index in [0.29, 0.717) is 0 Å². The Hall–Kier alpha value is -3.81. The van der Waals surface area contributed by atoms with E-state index in [4.69, 9.17) is 10.5 Å². The predicted octanol–water partition coefficient (Wildman–Crippen LogP) is 4.69. The van der Waals surface area contributed by atoms with Gasteiger partial charge in [-0.15, -0.1) is 0 Å². The van der Waals surface area contributed by atoms with E-state index in [1.165, 1.54) is 17.0 Å². The first-order valence-electron chi connectivity index (χ1n) is 7.86. The summed E-state index contributed by atoms with van der Waals surface area (Å²) in [5.74, 6) is 0. The van der Waals surface area contributed by atoms with Crippen molar-refractivity contribution >= 4 is 27.9 Å². The van der Waals surface area contributed by atoms with Crippen LogP contribution in [0, 0.1) is 34.0 Å². The minimum atomic E-state index is -0.0866. The van der Waals surface area contributed by atoms with Gasteiger partial charge < -0.3 is 4.57 Å². The van der Waals surface area contributed by atoms with Gasteiger partial charge in [0, 0.05) is 28.4 Å². The van der Waals surface area contributed by atoms with Crippen LogP contribution >= 0.6 is 0 Å². The number of allylic oxidation sites excluding steroid dienone is 3. The normalized spacial score (nSPS) is 10.9. The summed E-state index contributed by atoms with van der Waals surface area (Å²) in [5.41, 5.74) is 3.37. The molecule has 0 saturated heterocycles. The van der Waals surface area contributed by atoms with Crippen molar-refractivity contribution in [3.8, 4) is 18.2 Å². The smallest absolute Gasteiger partial charge is 0.130 e. The van der Waals surface area contributed by atoms with Crippen molar-refractivity contribution in [3.05, 3.63) is 65.3 Å². The lowest BCUT2D eigenvalue weighted by Gasteiger charge is -2.02. The molecule has 4 nitrogen and oxygen atoms in total. The van der Waals surface area contributed by atoms with Crippen LogP contribution in [0.3, 0.4) is 0 Å². The highest BCUT2D eigenvalue weighted by molar-refractivity contribution is 6.08. The topological polar surface area (TPSA) is 76.3 Å². The lowest BCUT2D eigenvalue weighted by atomic mass is 10.1. The lowest BCUT2D eigenvalue weighted by Crippen LogP contribution is -1.92. The van der Waals surface area contributed by atoms with Crippen molar-refractivity contribution in [2.75, 3.05) is 0 Å². The van der Waals surface area contributed by atoms with Crippen molar-refractivity contribution in [3.63, 3.8) is 0 Å². The maximum absolute atomic E-state index is 9.27. The Labute approximate surface area is 145 Å². The van der Waals surface area contributed by atoms with E-state index in [2.05, 4.69) is 23.6 Å². The van der Waals surface area contributed by atoms with E-state index in [1.54, 1.807) is 18.2 Å². The molecule has 0 aliphatic rings. The zero-order chi connectivity index (χ0) is 17.8. The molecule has 0 saturated carbocycles. The first-order valence-corrected chi connectivity index (χ1v) is 7.86. The van der Waals surface area contributed by atoms with Gasteiger partial charge in [-0.25, -0.2) is 0 Å². The second kappa shape index (κ2) is 6.75. The van der Waals surface area contributed by atoms with Gasteiger partial charge >= 0.3 is 0 Å². The summed E-state index contributed by atoms with van der Waals surface area (Å²) in [7, 11) is 0. The fraction of sp³-hybridized carbons (Fsp3) is 0.0952.